The van der Waals surface area contributed by atoms with Crippen molar-refractivity contribution in [2.75, 3.05) is 0 Å². The second-order valence-electron chi connectivity index (χ2n) is 6.49. The summed E-state index contributed by atoms with van der Waals surface area (Å²) in [5, 5.41) is 2.43. The third-order valence-electron chi connectivity index (χ3n) is 4.82. The Morgan fingerprint density at radius 1 is 0.920 bits per heavy atom. The fourth-order valence-electron chi connectivity index (χ4n) is 3.51. The number of rotatable bonds is 1. The van der Waals surface area contributed by atoms with Crippen LogP contribution in [0.2, 0.25) is 0 Å². The average molecular weight is 341 g/mol. The van der Waals surface area contributed by atoms with Crippen molar-refractivity contribution in [3.63, 3.8) is 0 Å². The first kappa shape index (κ1) is 14.6. The van der Waals surface area contributed by atoms with Gasteiger partial charge in [0.1, 0.15) is 7.05 Å². The van der Waals surface area contributed by atoms with E-state index in [1.54, 1.807) is 0 Å². The van der Waals surface area contributed by atoms with E-state index in [2.05, 4.69) is 79.3 Å². The molecule has 3 aromatic heterocycles. The zero-order valence-corrected chi connectivity index (χ0v) is 15.0. The summed E-state index contributed by atoms with van der Waals surface area (Å²) in [7, 11) is 2.12. The largest absolute Gasteiger partial charge is 0.246 e. The molecule has 0 aliphatic rings. The van der Waals surface area contributed by atoms with Crippen LogP contribution in [0.1, 0.15) is 5.56 Å². The quantitative estimate of drug-likeness (QED) is 0.373. The first-order valence-corrected chi connectivity index (χ1v) is 9.20. The third kappa shape index (κ3) is 2.24. The zero-order chi connectivity index (χ0) is 17.0. The van der Waals surface area contributed by atoms with Gasteiger partial charge in [0, 0.05) is 21.7 Å². The van der Waals surface area contributed by atoms with Gasteiger partial charge in [-0.3, -0.25) is 0 Å². The zero-order valence-electron chi connectivity index (χ0n) is 14.2. The highest BCUT2D eigenvalue weighted by Gasteiger charge is 2.17. The Labute approximate surface area is 150 Å². The Morgan fingerprint density at radius 3 is 2.60 bits per heavy atom. The van der Waals surface area contributed by atoms with Gasteiger partial charge in [-0.05, 0) is 30.7 Å². The lowest BCUT2D eigenvalue weighted by atomic mass is 10.0. The maximum absolute atomic E-state index is 4.92. The molecule has 5 aromatic rings. The fraction of sp³-hybridized carbons (Fsp3) is 0.0909. The van der Waals surface area contributed by atoms with Gasteiger partial charge < -0.3 is 0 Å². The van der Waals surface area contributed by atoms with Crippen LogP contribution >= 0.6 is 11.3 Å². The number of hydrogen-bond donors (Lipinski definition) is 0. The van der Waals surface area contributed by atoms with Crippen LogP contribution in [0.5, 0.6) is 0 Å². The highest BCUT2D eigenvalue weighted by molar-refractivity contribution is 7.25. The van der Waals surface area contributed by atoms with E-state index in [1.807, 2.05) is 17.4 Å². The van der Waals surface area contributed by atoms with Crippen molar-refractivity contribution in [2.45, 2.75) is 6.92 Å². The van der Waals surface area contributed by atoms with Crippen molar-refractivity contribution in [2.24, 2.45) is 7.05 Å². The smallest absolute Gasteiger partial charge is 0.213 e. The van der Waals surface area contributed by atoms with Crippen molar-refractivity contribution >= 4 is 42.5 Å². The molecule has 0 aliphatic carbocycles. The highest BCUT2D eigenvalue weighted by atomic mass is 32.1. The number of nitrogens with zero attached hydrogens (tertiary/aromatic N) is 2. The van der Waals surface area contributed by atoms with Gasteiger partial charge in [0.2, 0.25) is 5.69 Å². The van der Waals surface area contributed by atoms with Crippen LogP contribution < -0.4 is 4.57 Å². The molecular weight excluding hydrogens is 324 g/mol. The van der Waals surface area contributed by atoms with Crippen molar-refractivity contribution in [3.05, 3.63) is 72.4 Å². The molecule has 0 spiro atoms. The topological polar surface area (TPSA) is 16.8 Å². The molecule has 0 saturated heterocycles. The minimum absolute atomic E-state index is 1.06. The van der Waals surface area contributed by atoms with Crippen LogP contribution in [0, 0.1) is 6.92 Å². The summed E-state index contributed by atoms with van der Waals surface area (Å²) >= 11 is 1.82. The number of aryl methyl sites for hydroxylation is 2. The van der Waals surface area contributed by atoms with Crippen molar-refractivity contribution in [1.82, 2.24) is 4.98 Å². The van der Waals surface area contributed by atoms with Gasteiger partial charge in [-0.15, -0.1) is 11.3 Å². The van der Waals surface area contributed by atoms with Gasteiger partial charge >= 0.3 is 0 Å². The Morgan fingerprint density at radius 2 is 1.72 bits per heavy atom. The van der Waals surface area contributed by atoms with E-state index in [0.29, 0.717) is 0 Å². The molecule has 5 rings (SSSR count). The summed E-state index contributed by atoms with van der Waals surface area (Å²) < 4.78 is 4.75. The second kappa shape index (κ2) is 5.36. The van der Waals surface area contributed by atoms with E-state index >= 15 is 0 Å². The average Bonchev–Trinajstić information content (AvgIpc) is 2.96. The maximum atomic E-state index is 4.92. The fourth-order valence-corrected chi connectivity index (χ4v) is 4.61. The molecule has 0 saturated carbocycles. The molecule has 120 valence electrons. The van der Waals surface area contributed by atoms with E-state index in [4.69, 9.17) is 4.98 Å². The molecule has 25 heavy (non-hydrogen) atoms. The molecule has 2 aromatic carbocycles. The van der Waals surface area contributed by atoms with Crippen molar-refractivity contribution in [1.29, 1.82) is 0 Å². The number of fused-ring (bicyclic) bond motifs is 4. The lowest BCUT2D eigenvalue weighted by molar-refractivity contribution is -0.659. The van der Waals surface area contributed by atoms with Gasteiger partial charge in [-0.2, -0.15) is 0 Å². The van der Waals surface area contributed by atoms with Crippen LogP contribution in [0.25, 0.3) is 42.5 Å². The molecule has 2 nitrogen and oxygen atoms in total. The monoisotopic (exact) mass is 341 g/mol. The molecule has 3 heteroatoms. The molecule has 0 unspecified atom stereocenters. The number of para-hydroxylation sites is 1. The summed E-state index contributed by atoms with van der Waals surface area (Å²) in [5.74, 6) is 0. The summed E-state index contributed by atoms with van der Waals surface area (Å²) in [6.07, 6.45) is 2.22. The van der Waals surface area contributed by atoms with Crippen molar-refractivity contribution < 1.29 is 4.57 Å². The summed E-state index contributed by atoms with van der Waals surface area (Å²) in [4.78, 5) is 4.92. The summed E-state index contributed by atoms with van der Waals surface area (Å²) in [6.45, 7) is 2.17. The predicted octanol–water partition coefficient (Wildman–Crippen LogP) is 5.40. The number of benzene rings is 2. The molecule has 0 atom stereocenters. The number of pyridine rings is 2. The van der Waals surface area contributed by atoms with Gasteiger partial charge in [-0.25, -0.2) is 9.55 Å². The number of thiophene rings is 1. The third-order valence-corrected chi connectivity index (χ3v) is 5.91. The van der Waals surface area contributed by atoms with Crippen molar-refractivity contribution in [3.8, 4) is 11.3 Å². The molecule has 3 heterocycles. The van der Waals surface area contributed by atoms with Gasteiger partial charge in [0.25, 0.3) is 0 Å². The lowest BCUT2D eigenvalue weighted by Gasteiger charge is -2.04. The minimum atomic E-state index is 1.06. The second-order valence-corrected chi connectivity index (χ2v) is 7.58. The molecule has 0 radical (unpaired) electrons. The van der Waals surface area contributed by atoms with Gasteiger partial charge in [0.15, 0.2) is 6.20 Å². The van der Waals surface area contributed by atoms with Crippen LogP contribution in [0.3, 0.4) is 0 Å². The highest BCUT2D eigenvalue weighted by Crippen LogP contribution is 2.35. The van der Waals surface area contributed by atoms with Crippen LogP contribution in [0.15, 0.2) is 66.9 Å². The van der Waals surface area contributed by atoms with E-state index in [1.165, 1.54) is 37.0 Å². The Balaban J connectivity index is 1.84. The first-order chi connectivity index (χ1) is 12.2. The SMILES string of the molecule is Cc1ccccc1-c1cc2sc3cc4ccccc4nc3c2c[n+]1C. The molecule has 0 N–H and O–H groups in total. The lowest BCUT2D eigenvalue weighted by Crippen LogP contribution is -2.30. The Kier molecular flexibility index (Phi) is 3.12. The van der Waals surface area contributed by atoms with Crippen LogP contribution in [0.4, 0.5) is 0 Å². The predicted molar refractivity (Wildman–Crippen MR) is 106 cm³/mol. The Hall–Kier alpha value is -2.78. The Bertz CT molecular complexity index is 1270. The van der Waals surface area contributed by atoms with E-state index in [0.717, 1.165) is 11.0 Å². The number of hydrogen-bond acceptors (Lipinski definition) is 2. The molecule has 0 bridgehead atoms. The molecule has 0 fully saturated rings. The van der Waals surface area contributed by atoms with Crippen LogP contribution in [-0.4, -0.2) is 4.98 Å². The minimum Gasteiger partial charge on any atom is -0.246 e. The van der Waals surface area contributed by atoms with Gasteiger partial charge in [0.05, 0.1) is 21.1 Å². The first-order valence-electron chi connectivity index (χ1n) is 8.38. The van der Waals surface area contributed by atoms with Gasteiger partial charge in [-0.1, -0.05) is 36.4 Å². The summed E-state index contributed by atoms with van der Waals surface area (Å²) in [5.41, 5.74) is 5.97. The number of aromatic nitrogens is 2. The summed E-state index contributed by atoms with van der Waals surface area (Å²) in [6, 6.07) is 21.4. The molecular formula is C22H17N2S+. The molecule has 0 aliphatic heterocycles. The molecule has 0 amide bonds. The maximum Gasteiger partial charge on any atom is 0.213 e. The standard InChI is InChI=1S/C22H17N2S/c1-14-7-3-5-9-16(14)19-12-20-17(13-24(19)2)22-21(25-20)11-15-8-4-6-10-18(15)23-22/h3-13H,1-2H3/q+1. The van der Waals surface area contributed by atoms with E-state index < -0.39 is 0 Å². The van der Waals surface area contributed by atoms with Crippen LogP contribution in [-0.2, 0) is 7.05 Å². The van der Waals surface area contributed by atoms with E-state index in [9.17, 15) is 0 Å². The van der Waals surface area contributed by atoms with E-state index in [-0.39, 0.29) is 0 Å². The normalized spacial score (nSPS) is 11.6.